The summed E-state index contributed by atoms with van der Waals surface area (Å²) in [6.45, 7) is 4.91. The molecule has 0 radical (unpaired) electrons. The normalized spacial score (nSPS) is 29.6. The van der Waals surface area contributed by atoms with E-state index in [0.717, 1.165) is 18.0 Å². The van der Waals surface area contributed by atoms with Gasteiger partial charge >= 0.3 is 0 Å². The van der Waals surface area contributed by atoms with Crippen LogP contribution in [0.15, 0.2) is 0 Å². The Bertz CT molecular complexity index is 211. The van der Waals surface area contributed by atoms with E-state index in [1.165, 1.54) is 64.5 Å². The maximum absolute atomic E-state index is 3.77. The Morgan fingerprint density at radius 3 is 2.53 bits per heavy atom. The number of hydrogen-bond acceptors (Lipinski definition) is 2. The highest BCUT2D eigenvalue weighted by Gasteiger charge is 2.22. The fraction of sp³-hybridized carbons (Fsp3) is 1.00. The lowest BCUT2D eigenvalue weighted by Crippen LogP contribution is -2.40. The molecular formula is C15H30N2. The molecule has 0 bridgehead atoms. The number of hydrogen-bond donors (Lipinski definition) is 1. The molecule has 2 aliphatic rings. The molecule has 1 saturated heterocycles. The quantitative estimate of drug-likeness (QED) is 0.792. The maximum Gasteiger partial charge on any atom is 0.0104 e. The molecule has 2 nitrogen and oxygen atoms in total. The average Bonchev–Trinajstić information content (AvgIpc) is 2.85. The summed E-state index contributed by atoms with van der Waals surface area (Å²) < 4.78 is 0. The lowest BCUT2D eigenvalue weighted by molar-refractivity contribution is 0.173. The Morgan fingerprint density at radius 2 is 1.82 bits per heavy atom. The van der Waals surface area contributed by atoms with Crippen molar-refractivity contribution in [3.05, 3.63) is 0 Å². The standard InChI is InChI=1S/C15H30N2/c1-13(14-7-3-4-8-14)16-11-10-15-9-5-6-12-17(15)2/h13-16H,3-12H2,1-2H3/t13-,15?/m0/s1. The molecule has 2 atom stereocenters. The predicted molar refractivity (Wildman–Crippen MR) is 74.3 cm³/mol. The van der Waals surface area contributed by atoms with Crippen molar-refractivity contribution >= 4 is 0 Å². The average molecular weight is 238 g/mol. The van der Waals surface area contributed by atoms with E-state index in [-0.39, 0.29) is 0 Å². The van der Waals surface area contributed by atoms with Crippen LogP contribution in [-0.2, 0) is 0 Å². The van der Waals surface area contributed by atoms with Crippen molar-refractivity contribution in [2.24, 2.45) is 5.92 Å². The van der Waals surface area contributed by atoms with Gasteiger partial charge in [0.2, 0.25) is 0 Å². The SMILES string of the molecule is C[C@H](NCCC1CCCCN1C)C1CCCC1. The van der Waals surface area contributed by atoms with Gasteiger partial charge in [-0.05, 0) is 65.1 Å². The number of piperidine rings is 1. The second-order valence-corrected chi connectivity index (χ2v) is 6.21. The Balaban J connectivity index is 1.61. The largest absolute Gasteiger partial charge is 0.314 e. The zero-order valence-electron chi connectivity index (χ0n) is 11.8. The first kappa shape index (κ1) is 13.4. The van der Waals surface area contributed by atoms with Crippen LogP contribution in [0.4, 0.5) is 0 Å². The second kappa shape index (κ2) is 6.75. The molecule has 1 aliphatic heterocycles. The number of rotatable bonds is 5. The summed E-state index contributed by atoms with van der Waals surface area (Å²) in [5.74, 6) is 0.957. The van der Waals surface area contributed by atoms with Gasteiger partial charge in [0.25, 0.3) is 0 Å². The van der Waals surface area contributed by atoms with E-state index in [1.54, 1.807) is 0 Å². The lowest BCUT2D eigenvalue weighted by atomic mass is 9.98. The fourth-order valence-corrected chi connectivity index (χ4v) is 3.61. The van der Waals surface area contributed by atoms with Gasteiger partial charge in [-0.25, -0.2) is 0 Å². The van der Waals surface area contributed by atoms with Crippen LogP contribution in [0.5, 0.6) is 0 Å². The predicted octanol–water partition coefficient (Wildman–Crippen LogP) is 3.03. The Labute approximate surface area is 107 Å². The molecule has 0 spiro atoms. The third-order valence-electron chi connectivity index (χ3n) is 4.97. The molecule has 0 aromatic carbocycles. The number of likely N-dealkylation sites (tertiary alicyclic amines) is 1. The highest BCUT2D eigenvalue weighted by atomic mass is 15.1. The Kier molecular flexibility index (Phi) is 5.30. The zero-order valence-corrected chi connectivity index (χ0v) is 11.8. The highest BCUT2D eigenvalue weighted by molar-refractivity contribution is 4.79. The van der Waals surface area contributed by atoms with Crippen LogP contribution < -0.4 is 5.32 Å². The van der Waals surface area contributed by atoms with Crippen LogP contribution in [0.1, 0.15) is 58.3 Å². The van der Waals surface area contributed by atoms with Gasteiger partial charge in [0, 0.05) is 12.1 Å². The first-order valence-corrected chi connectivity index (χ1v) is 7.71. The molecule has 100 valence electrons. The minimum Gasteiger partial charge on any atom is -0.314 e. The topological polar surface area (TPSA) is 15.3 Å². The van der Waals surface area contributed by atoms with Crippen molar-refractivity contribution in [3.8, 4) is 0 Å². The summed E-state index contributed by atoms with van der Waals surface area (Å²) in [7, 11) is 2.30. The molecule has 2 fully saturated rings. The molecule has 17 heavy (non-hydrogen) atoms. The first-order valence-electron chi connectivity index (χ1n) is 7.71. The van der Waals surface area contributed by atoms with Crippen molar-refractivity contribution in [1.29, 1.82) is 0 Å². The van der Waals surface area contributed by atoms with Gasteiger partial charge in [0.1, 0.15) is 0 Å². The Hall–Kier alpha value is -0.0800. The molecule has 1 aliphatic carbocycles. The minimum atomic E-state index is 0.742. The third kappa shape index (κ3) is 3.96. The molecule has 1 heterocycles. The number of nitrogens with zero attached hydrogens (tertiary/aromatic N) is 1. The van der Waals surface area contributed by atoms with E-state index in [9.17, 15) is 0 Å². The van der Waals surface area contributed by atoms with Crippen LogP contribution in [0.2, 0.25) is 0 Å². The van der Waals surface area contributed by atoms with Crippen LogP contribution >= 0.6 is 0 Å². The summed E-state index contributed by atoms with van der Waals surface area (Å²) in [5.41, 5.74) is 0. The van der Waals surface area contributed by atoms with Gasteiger partial charge in [0.05, 0.1) is 0 Å². The van der Waals surface area contributed by atoms with Gasteiger partial charge < -0.3 is 10.2 Å². The number of nitrogens with one attached hydrogen (secondary N) is 1. The summed E-state index contributed by atoms with van der Waals surface area (Å²) >= 11 is 0. The molecule has 1 unspecified atom stereocenters. The van der Waals surface area contributed by atoms with E-state index in [1.807, 2.05) is 0 Å². The fourth-order valence-electron chi connectivity index (χ4n) is 3.61. The van der Waals surface area contributed by atoms with Gasteiger partial charge in [-0.3, -0.25) is 0 Å². The summed E-state index contributed by atoms with van der Waals surface area (Å²) in [4.78, 5) is 2.56. The van der Waals surface area contributed by atoms with E-state index in [0.29, 0.717) is 0 Å². The molecule has 2 rings (SSSR count). The van der Waals surface area contributed by atoms with Crippen LogP contribution in [-0.4, -0.2) is 37.1 Å². The maximum atomic E-state index is 3.77. The Morgan fingerprint density at radius 1 is 1.12 bits per heavy atom. The summed E-state index contributed by atoms with van der Waals surface area (Å²) in [6, 6.07) is 1.58. The molecular weight excluding hydrogens is 208 g/mol. The minimum absolute atomic E-state index is 0.742. The van der Waals surface area contributed by atoms with Crippen molar-refractivity contribution < 1.29 is 0 Å². The monoisotopic (exact) mass is 238 g/mol. The summed E-state index contributed by atoms with van der Waals surface area (Å²) in [6.07, 6.45) is 11.4. The van der Waals surface area contributed by atoms with Crippen molar-refractivity contribution in [3.63, 3.8) is 0 Å². The van der Waals surface area contributed by atoms with Gasteiger partial charge in [-0.1, -0.05) is 19.3 Å². The second-order valence-electron chi connectivity index (χ2n) is 6.21. The van der Waals surface area contributed by atoms with Crippen LogP contribution in [0.25, 0.3) is 0 Å². The van der Waals surface area contributed by atoms with Crippen molar-refractivity contribution in [1.82, 2.24) is 10.2 Å². The smallest absolute Gasteiger partial charge is 0.0104 e. The van der Waals surface area contributed by atoms with Crippen molar-refractivity contribution in [2.45, 2.75) is 70.4 Å². The zero-order chi connectivity index (χ0) is 12.1. The van der Waals surface area contributed by atoms with Crippen LogP contribution in [0.3, 0.4) is 0 Å². The van der Waals surface area contributed by atoms with Gasteiger partial charge in [0.15, 0.2) is 0 Å². The summed E-state index contributed by atoms with van der Waals surface area (Å²) in [5, 5.41) is 3.77. The lowest BCUT2D eigenvalue weighted by Gasteiger charge is -2.33. The van der Waals surface area contributed by atoms with Crippen LogP contribution in [0, 0.1) is 5.92 Å². The molecule has 0 aromatic heterocycles. The van der Waals surface area contributed by atoms with E-state index in [2.05, 4.69) is 24.2 Å². The van der Waals surface area contributed by atoms with Gasteiger partial charge in [-0.15, -0.1) is 0 Å². The molecule has 0 aromatic rings. The highest BCUT2D eigenvalue weighted by Crippen LogP contribution is 2.27. The molecule has 1 N–H and O–H groups in total. The van der Waals surface area contributed by atoms with Crippen molar-refractivity contribution in [2.75, 3.05) is 20.1 Å². The molecule has 0 amide bonds. The third-order valence-corrected chi connectivity index (χ3v) is 4.97. The van der Waals surface area contributed by atoms with E-state index < -0.39 is 0 Å². The van der Waals surface area contributed by atoms with Gasteiger partial charge in [-0.2, -0.15) is 0 Å². The molecule has 1 saturated carbocycles. The van der Waals surface area contributed by atoms with E-state index >= 15 is 0 Å². The first-order chi connectivity index (χ1) is 8.27. The van der Waals surface area contributed by atoms with E-state index in [4.69, 9.17) is 0 Å². The molecule has 2 heteroatoms.